The van der Waals surface area contributed by atoms with Crippen LogP contribution >= 0.6 is 0 Å². The Morgan fingerprint density at radius 2 is 2.21 bits per heavy atom. The van der Waals surface area contributed by atoms with Gasteiger partial charge in [-0.05, 0) is 23.8 Å². The number of nitrogens with one attached hydrogen (secondary N) is 1. The molecule has 0 spiro atoms. The summed E-state index contributed by atoms with van der Waals surface area (Å²) < 4.78 is 4.70. The highest BCUT2D eigenvalue weighted by Gasteiger charge is 2.23. The van der Waals surface area contributed by atoms with Crippen molar-refractivity contribution in [2.45, 2.75) is 5.92 Å². The third-order valence-electron chi connectivity index (χ3n) is 3.06. The minimum Gasteiger partial charge on any atom is -0.478 e. The molecule has 1 unspecified atom stereocenters. The SMILES string of the molecule is COC(=O)C(CN)c1c[nH]c2ccc(C(=O)O)cc12. The summed E-state index contributed by atoms with van der Waals surface area (Å²) in [5.41, 5.74) is 7.16. The molecule has 0 saturated carbocycles. The predicted molar refractivity (Wildman–Crippen MR) is 69.1 cm³/mol. The van der Waals surface area contributed by atoms with Gasteiger partial charge < -0.3 is 20.6 Å². The summed E-state index contributed by atoms with van der Waals surface area (Å²) >= 11 is 0. The Bertz CT molecular complexity index is 633. The molecule has 0 saturated heterocycles. The summed E-state index contributed by atoms with van der Waals surface area (Å²) in [7, 11) is 1.29. The van der Waals surface area contributed by atoms with E-state index in [0.717, 1.165) is 5.52 Å². The predicted octanol–water partition coefficient (Wildman–Crippen LogP) is 1.08. The second kappa shape index (κ2) is 5.11. The molecule has 1 aromatic carbocycles. The minimum absolute atomic E-state index is 0.0942. The van der Waals surface area contributed by atoms with Gasteiger partial charge in [0, 0.05) is 23.6 Å². The van der Waals surface area contributed by atoms with Gasteiger partial charge in [0.2, 0.25) is 0 Å². The molecule has 0 aliphatic heterocycles. The van der Waals surface area contributed by atoms with Gasteiger partial charge in [0.25, 0.3) is 0 Å². The van der Waals surface area contributed by atoms with Crippen molar-refractivity contribution in [3.63, 3.8) is 0 Å². The van der Waals surface area contributed by atoms with Crippen LogP contribution in [0, 0.1) is 0 Å². The number of nitrogens with two attached hydrogens (primary N) is 1. The fourth-order valence-corrected chi connectivity index (χ4v) is 2.06. The Labute approximate surface area is 109 Å². The lowest BCUT2D eigenvalue weighted by atomic mass is 9.98. The van der Waals surface area contributed by atoms with E-state index in [-0.39, 0.29) is 12.1 Å². The van der Waals surface area contributed by atoms with Crippen molar-refractivity contribution in [1.82, 2.24) is 4.98 Å². The van der Waals surface area contributed by atoms with Crippen LogP contribution in [-0.4, -0.2) is 35.7 Å². The van der Waals surface area contributed by atoms with Crippen molar-refractivity contribution in [3.05, 3.63) is 35.5 Å². The first-order valence-electron chi connectivity index (χ1n) is 5.70. The topological polar surface area (TPSA) is 105 Å². The molecule has 0 radical (unpaired) electrons. The highest BCUT2D eigenvalue weighted by Crippen LogP contribution is 2.27. The molecular weight excluding hydrogens is 248 g/mol. The lowest BCUT2D eigenvalue weighted by molar-refractivity contribution is -0.142. The molecule has 0 aliphatic carbocycles. The van der Waals surface area contributed by atoms with E-state index in [1.165, 1.54) is 19.2 Å². The molecule has 1 aromatic heterocycles. The van der Waals surface area contributed by atoms with E-state index in [1.54, 1.807) is 12.3 Å². The summed E-state index contributed by atoms with van der Waals surface area (Å²) in [5.74, 6) is -2.07. The van der Waals surface area contributed by atoms with Crippen molar-refractivity contribution in [2.75, 3.05) is 13.7 Å². The Morgan fingerprint density at radius 1 is 1.47 bits per heavy atom. The molecule has 19 heavy (non-hydrogen) atoms. The average Bonchev–Trinajstić information content (AvgIpc) is 2.82. The molecule has 1 heterocycles. The van der Waals surface area contributed by atoms with Crippen LogP contribution in [0.25, 0.3) is 10.9 Å². The van der Waals surface area contributed by atoms with Gasteiger partial charge in [-0.15, -0.1) is 0 Å². The summed E-state index contributed by atoms with van der Waals surface area (Å²) in [6, 6.07) is 4.68. The van der Waals surface area contributed by atoms with Crippen LogP contribution in [0.15, 0.2) is 24.4 Å². The summed E-state index contributed by atoms with van der Waals surface area (Å²) in [5, 5.41) is 9.66. The Balaban J connectivity index is 2.56. The van der Waals surface area contributed by atoms with Crippen molar-refractivity contribution in [1.29, 1.82) is 0 Å². The van der Waals surface area contributed by atoms with Crippen LogP contribution < -0.4 is 5.73 Å². The fraction of sp³-hybridized carbons (Fsp3) is 0.231. The van der Waals surface area contributed by atoms with Crippen LogP contribution in [0.2, 0.25) is 0 Å². The number of hydrogen-bond donors (Lipinski definition) is 3. The number of carboxylic acids is 1. The standard InChI is InChI=1S/C13H14N2O4/c1-19-13(18)9(5-14)10-6-15-11-3-2-7(12(16)17)4-8(10)11/h2-4,6,9,15H,5,14H2,1H3,(H,16,17). The number of carbonyl (C=O) groups excluding carboxylic acids is 1. The number of rotatable bonds is 4. The van der Waals surface area contributed by atoms with E-state index in [2.05, 4.69) is 4.98 Å². The van der Waals surface area contributed by atoms with Gasteiger partial charge in [0.1, 0.15) is 0 Å². The monoisotopic (exact) mass is 262 g/mol. The Kier molecular flexibility index (Phi) is 3.52. The molecule has 2 aromatic rings. The van der Waals surface area contributed by atoms with E-state index in [4.69, 9.17) is 15.6 Å². The number of carboxylic acid groups (broad SMARTS) is 1. The number of esters is 1. The first kappa shape index (κ1) is 13.1. The number of methoxy groups -OCH3 is 1. The summed E-state index contributed by atoms with van der Waals surface area (Å²) in [4.78, 5) is 25.6. The lowest BCUT2D eigenvalue weighted by Gasteiger charge is -2.11. The molecule has 1 atom stereocenters. The highest BCUT2D eigenvalue weighted by atomic mass is 16.5. The fourth-order valence-electron chi connectivity index (χ4n) is 2.06. The number of aromatic nitrogens is 1. The number of benzene rings is 1. The van der Waals surface area contributed by atoms with Crippen LogP contribution in [-0.2, 0) is 9.53 Å². The highest BCUT2D eigenvalue weighted by molar-refractivity contribution is 5.96. The van der Waals surface area contributed by atoms with E-state index in [9.17, 15) is 9.59 Å². The largest absolute Gasteiger partial charge is 0.478 e. The third kappa shape index (κ3) is 2.30. The zero-order chi connectivity index (χ0) is 14.0. The maximum atomic E-state index is 11.7. The van der Waals surface area contributed by atoms with Crippen LogP contribution in [0.1, 0.15) is 21.8 Å². The van der Waals surface area contributed by atoms with Crippen LogP contribution in [0.4, 0.5) is 0 Å². The second-order valence-electron chi connectivity index (χ2n) is 4.12. The molecule has 0 amide bonds. The van der Waals surface area contributed by atoms with Crippen molar-refractivity contribution < 1.29 is 19.4 Å². The van der Waals surface area contributed by atoms with Crippen molar-refractivity contribution in [2.24, 2.45) is 5.73 Å². The molecule has 6 nitrogen and oxygen atoms in total. The number of fused-ring (bicyclic) bond motifs is 1. The van der Waals surface area contributed by atoms with Gasteiger partial charge in [0.15, 0.2) is 0 Å². The summed E-state index contributed by atoms with van der Waals surface area (Å²) in [6.45, 7) is 0.0942. The molecular formula is C13H14N2O4. The van der Waals surface area contributed by atoms with Crippen LogP contribution in [0.5, 0.6) is 0 Å². The van der Waals surface area contributed by atoms with E-state index in [1.807, 2.05) is 0 Å². The maximum Gasteiger partial charge on any atom is 0.335 e. The molecule has 4 N–H and O–H groups in total. The molecule has 6 heteroatoms. The molecule has 0 fully saturated rings. The van der Waals surface area contributed by atoms with Gasteiger partial charge in [-0.1, -0.05) is 0 Å². The van der Waals surface area contributed by atoms with E-state index in [0.29, 0.717) is 10.9 Å². The van der Waals surface area contributed by atoms with E-state index >= 15 is 0 Å². The normalized spacial score (nSPS) is 12.3. The number of H-pyrrole nitrogens is 1. The zero-order valence-corrected chi connectivity index (χ0v) is 10.3. The third-order valence-corrected chi connectivity index (χ3v) is 3.06. The minimum atomic E-state index is -1.02. The number of hydrogen-bond acceptors (Lipinski definition) is 4. The maximum absolute atomic E-state index is 11.7. The zero-order valence-electron chi connectivity index (χ0n) is 10.3. The number of aromatic amines is 1. The van der Waals surface area contributed by atoms with Gasteiger partial charge in [-0.25, -0.2) is 4.79 Å². The molecule has 100 valence electrons. The first-order chi connectivity index (χ1) is 9.08. The van der Waals surface area contributed by atoms with E-state index < -0.39 is 17.9 Å². The summed E-state index contributed by atoms with van der Waals surface area (Å²) in [6.07, 6.45) is 1.66. The molecule has 2 rings (SSSR count). The van der Waals surface area contributed by atoms with Gasteiger partial charge >= 0.3 is 11.9 Å². The first-order valence-corrected chi connectivity index (χ1v) is 5.70. The smallest absolute Gasteiger partial charge is 0.335 e. The van der Waals surface area contributed by atoms with Gasteiger partial charge in [-0.2, -0.15) is 0 Å². The van der Waals surface area contributed by atoms with Gasteiger partial charge in [0.05, 0.1) is 18.6 Å². The number of aromatic carboxylic acids is 1. The Morgan fingerprint density at radius 3 is 2.79 bits per heavy atom. The average molecular weight is 262 g/mol. The van der Waals surface area contributed by atoms with Crippen molar-refractivity contribution >= 4 is 22.8 Å². The quantitative estimate of drug-likeness (QED) is 0.715. The number of ether oxygens (including phenoxy) is 1. The van der Waals surface area contributed by atoms with Gasteiger partial charge in [-0.3, -0.25) is 4.79 Å². The number of carbonyl (C=O) groups is 2. The van der Waals surface area contributed by atoms with Crippen LogP contribution in [0.3, 0.4) is 0 Å². The molecule has 0 bridgehead atoms. The van der Waals surface area contributed by atoms with Crippen molar-refractivity contribution in [3.8, 4) is 0 Å². The molecule has 0 aliphatic rings. The lowest BCUT2D eigenvalue weighted by Crippen LogP contribution is -2.22. The second-order valence-corrected chi connectivity index (χ2v) is 4.12. The Hall–Kier alpha value is -2.34.